The van der Waals surface area contributed by atoms with Crippen molar-refractivity contribution in [3.05, 3.63) is 46.6 Å². The second-order valence-electron chi connectivity index (χ2n) is 6.48. The SMILES string of the molecule is COc1ccc(CN2CCO[C@H](CN(C)c3nccn(C)c3=O)C2)cn1. The van der Waals surface area contributed by atoms with Gasteiger partial charge in [0.2, 0.25) is 5.88 Å². The van der Waals surface area contributed by atoms with Gasteiger partial charge in [-0.15, -0.1) is 0 Å². The van der Waals surface area contributed by atoms with Crippen LogP contribution in [0.2, 0.25) is 0 Å². The van der Waals surface area contributed by atoms with E-state index in [-0.39, 0.29) is 11.7 Å². The zero-order chi connectivity index (χ0) is 18.5. The van der Waals surface area contributed by atoms with Gasteiger partial charge in [0.25, 0.3) is 5.56 Å². The predicted octanol–water partition coefficient (Wildman–Crippen LogP) is 0.521. The molecule has 0 unspecified atom stereocenters. The summed E-state index contributed by atoms with van der Waals surface area (Å²) >= 11 is 0. The zero-order valence-electron chi connectivity index (χ0n) is 15.5. The van der Waals surface area contributed by atoms with E-state index in [2.05, 4.69) is 14.9 Å². The highest BCUT2D eigenvalue weighted by molar-refractivity contribution is 5.34. The number of ether oxygens (including phenoxy) is 2. The van der Waals surface area contributed by atoms with Crippen molar-refractivity contribution < 1.29 is 9.47 Å². The average Bonchev–Trinajstić information content (AvgIpc) is 2.65. The molecule has 140 valence electrons. The Kier molecular flexibility index (Phi) is 5.85. The van der Waals surface area contributed by atoms with Gasteiger partial charge in [0.15, 0.2) is 5.82 Å². The Labute approximate surface area is 153 Å². The van der Waals surface area contributed by atoms with E-state index < -0.39 is 0 Å². The summed E-state index contributed by atoms with van der Waals surface area (Å²) in [6.45, 7) is 3.76. The van der Waals surface area contributed by atoms with Crippen molar-refractivity contribution in [2.75, 3.05) is 45.3 Å². The van der Waals surface area contributed by atoms with E-state index in [9.17, 15) is 4.79 Å². The molecular formula is C18H25N5O3. The van der Waals surface area contributed by atoms with Crippen LogP contribution in [-0.4, -0.2) is 65.9 Å². The highest BCUT2D eigenvalue weighted by atomic mass is 16.5. The molecule has 26 heavy (non-hydrogen) atoms. The topological polar surface area (TPSA) is 72.7 Å². The maximum Gasteiger partial charge on any atom is 0.293 e. The molecule has 0 amide bonds. The van der Waals surface area contributed by atoms with Crippen molar-refractivity contribution in [2.24, 2.45) is 7.05 Å². The van der Waals surface area contributed by atoms with Crippen LogP contribution in [0.4, 0.5) is 5.82 Å². The summed E-state index contributed by atoms with van der Waals surface area (Å²) in [4.78, 5) is 24.9. The summed E-state index contributed by atoms with van der Waals surface area (Å²) < 4.78 is 12.5. The van der Waals surface area contributed by atoms with Gasteiger partial charge in [-0.3, -0.25) is 9.69 Å². The lowest BCUT2D eigenvalue weighted by Gasteiger charge is -2.34. The van der Waals surface area contributed by atoms with E-state index in [1.165, 1.54) is 4.57 Å². The summed E-state index contributed by atoms with van der Waals surface area (Å²) in [7, 11) is 5.21. The van der Waals surface area contributed by atoms with Gasteiger partial charge in [0.1, 0.15) is 0 Å². The van der Waals surface area contributed by atoms with E-state index in [0.717, 1.165) is 25.2 Å². The summed E-state index contributed by atoms with van der Waals surface area (Å²) in [5.41, 5.74) is 1.03. The standard InChI is InChI=1S/C18H25N5O3/c1-21-7-6-19-17(18(21)24)22(2)12-15-13-23(8-9-26-15)11-14-4-5-16(25-3)20-10-14/h4-7,10,15H,8-9,11-13H2,1-3H3/t15-/m1/s1. The number of rotatable bonds is 6. The molecule has 0 N–H and O–H groups in total. The van der Waals surface area contributed by atoms with Gasteiger partial charge in [0.05, 0.1) is 19.8 Å². The van der Waals surface area contributed by atoms with Crippen molar-refractivity contribution in [1.29, 1.82) is 0 Å². The molecule has 0 radical (unpaired) electrons. The Balaban J connectivity index is 1.59. The molecule has 3 heterocycles. The fraction of sp³-hybridized carbons (Fsp3) is 0.500. The van der Waals surface area contributed by atoms with Crippen LogP contribution in [-0.2, 0) is 18.3 Å². The molecule has 0 aliphatic carbocycles. The smallest absolute Gasteiger partial charge is 0.293 e. The van der Waals surface area contributed by atoms with Crippen molar-refractivity contribution in [3.63, 3.8) is 0 Å². The maximum atomic E-state index is 12.2. The highest BCUT2D eigenvalue weighted by Crippen LogP contribution is 2.14. The Bertz CT molecular complexity index is 777. The quantitative estimate of drug-likeness (QED) is 0.744. The van der Waals surface area contributed by atoms with Gasteiger partial charge in [-0.1, -0.05) is 6.07 Å². The molecule has 1 saturated heterocycles. The lowest BCUT2D eigenvalue weighted by Crippen LogP contribution is -2.47. The molecule has 0 spiro atoms. The number of aryl methyl sites for hydroxylation is 1. The lowest BCUT2D eigenvalue weighted by molar-refractivity contribution is -0.0265. The molecule has 0 aromatic carbocycles. The van der Waals surface area contributed by atoms with E-state index in [4.69, 9.17) is 9.47 Å². The van der Waals surface area contributed by atoms with Crippen LogP contribution in [0.15, 0.2) is 35.5 Å². The fourth-order valence-corrected chi connectivity index (χ4v) is 3.06. The fourth-order valence-electron chi connectivity index (χ4n) is 3.06. The first-order chi connectivity index (χ1) is 12.6. The number of nitrogens with zero attached hydrogens (tertiary/aromatic N) is 5. The molecule has 0 saturated carbocycles. The molecule has 3 rings (SSSR count). The minimum Gasteiger partial charge on any atom is -0.481 e. The maximum absolute atomic E-state index is 12.2. The minimum absolute atomic E-state index is 0.0201. The molecule has 1 aliphatic rings. The predicted molar refractivity (Wildman–Crippen MR) is 98.6 cm³/mol. The van der Waals surface area contributed by atoms with Crippen LogP contribution in [0.5, 0.6) is 5.88 Å². The molecular weight excluding hydrogens is 334 g/mol. The first kappa shape index (κ1) is 18.3. The van der Waals surface area contributed by atoms with Gasteiger partial charge >= 0.3 is 0 Å². The molecule has 0 bridgehead atoms. The van der Waals surface area contributed by atoms with E-state index in [1.807, 2.05) is 30.3 Å². The monoisotopic (exact) mass is 359 g/mol. The van der Waals surface area contributed by atoms with E-state index in [0.29, 0.717) is 24.8 Å². The van der Waals surface area contributed by atoms with Crippen LogP contribution >= 0.6 is 0 Å². The van der Waals surface area contributed by atoms with Crippen LogP contribution in [0.25, 0.3) is 0 Å². The first-order valence-corrected chi connectivity index (χ1v) is 8.62. The summed E-state index contributed by atoms with van der Waals surface area (Å²) in [6, 6.07) is 3.90. The van der Waals surface area contributed by atoms with E-state index >= 15 is 0 Å². The third-order valence-electron chi connectivity index (χ3n) is 4.47. The highest BCUT2D eigenvalue weighted by Gasteiger charge is 2.23. The average molecular weight is 359 g/mol. The Hall–Kier alpha value is -2.45. The largest absolute Gasteiger partial charge is 0.481 e. The number of anilines is 1. The van der Waals surface area contributed by atoms with Gasteiger partial charge in [-0.2, -0.15) is 0 Å². The number of methoxy groups -OCH3 is 1. The van der Waals surface area contributed by atoms with Gasteiger partial charge in [0, 0.05) is 64.9 Å². The van der Waals surface area contributed by atoms with Crippen LogP contribution in [0.3, 0.4) is 0 Å². The van der Waals surface area contributed by atoms with Crippen molar-refractivity contribution in [2.45, 2.75) is 12.6 Å². The molecule has 2 aromatic rings. The number of aromatic nitrogens is 3. The number of hydrogen-bond acceptors (Lipinski definition) is 7. The number of hydrogen-bond donors (Lipinski definition) is 0. The minimum atomic E-state index is -0.105. The molecule has 1 atom stereocenters. The number of pyridine rings is 1. The third-order valence-corrected chi connectivity index (χ3v) is 4.47. The van der Waals surface area contributed by atoms with E-state index in [1.54, 1.807) is 26.6 Å². The summed E-state index contributed by atoms with van der Waals surface area (Å²) in [6.07, 6.45) is 5.15. The van der Waals surface area contributed by atoms with Crippen molar-refractivity contribution in [3.8, 4) is 5.88 Å². The van der Waals surface area contributed by atoms with Gasteiger partial charge < -0.3 is 18.9 Å². The summed E-state index contributed by atoms with van der Waals surface area (Å²) in [5.74, 6) is 1.06. The number of morpholine rings is 1. The summed E-state index contributed by atoms with van der Waals surface area (Å²) in [5, 5.41) is 0. The Morgan fingerprint density at radius 3 is 2.96 bits per heavy atom. The first-order valence-electron chi connectivity index (χ1n) is 8.62. The Morgan fingerprint density at radius 2 is 2.23 bits per heavy atom. The molecule has 1 aliphatic heterocycles. The molecule has 1 fully saturated rings. The zero-order valence-corrected chi connectivity index (χ0v) is 15.5. The molecule has 8 nitrogen and oxygen atoms in total. The van der Waals surface area contributed by atoms with Crippen molar-refractivity contribution in [1.82, 2.24) is 19.4 Å². The van der Waals surface area contributed by atoms with Crippen LogP contribution in [0.1, 0.15) is 5.56 Å². The second kappa shape index (κ2) is 8.29. The molecule has 8 heteroatoms. The third kappa shape index (κ3) is 4.39. The van der Waals surface area contributed by atoms with Crippen LogP contribution < -0.4 is 15.2 Å². The number of likely N-dealkylation sites (N-methyl/N-ethyl adjacent to an activating group) is 1. The van der Waals surface area contributed by atoms with Crippen molar-refractivity contribution >= 4 is 5.82 Å². The normalized spacial score (nSPS) is 17.9. The van der Waals surface area contributed by atoms with Crippen LogP contribution in [0, 0.1) is 0 Å². The molecule has 2 aromatic heterocycles. The van der Waals surface area contributed by atoms with Gasteiger partial charge in [-0.25, -0.2) is 9.97 Å². The van der Waals surface area contributed by atoms with Gasteiger partial charge in [-0.05, 0) is 5.56 Å². The second-order valence-corrected chi connectivity index (χ2v) is 6.48. The lowest BCUT2D eigenvalue weighted by atomic mass is 10.2. The Morgan fingerprint density at radius 1 is 1.38 bits per heavy atom.